The van der Waals surface area contributed by atoms with Crippen LogP contribution in [0.3, 0.4) is 0 Å². The van der Waals surface area contributed by atoms with Crippen LogP contribution in [0.1, 0.15) is 30.8 Å². The lowest BCUT2D eigenvalue weighted by molar-refractivity contribution is 0.504. The van der Waals surface area contributed by atoms with Gasteiger partial charge in [-0.3, -0.25) is 5.10 Å². The summed E-state index contributed by atoms with van der Waals surface area (Å²) in [6.07, 6.45) is 1.80. The average Bonchev–Trinajstić information content (AvgIpc) is 3.09. The predicted octanol–water partition coefficient (Wildman–Crippen LogP) is 2.90. The second kappa shape index (κ2) is 5.96. The zero-order chi connectivity index (χ0) is 18.4. The fourth-order valence-corrected chi connectivity index (χ4v) is 4.62. The lowest BCUT2D eigenvalue weighted by Gasteiger charge is -2.25. The molecule has 0 aliphatic heterocycles. The summed E-state index contributed by atoms with van der Waals surface area (Å²) >= 11 is 0. The summed E-state index contributed by atoms with van der Waals surface area (Å²) in [5.41, 5.74) is 2.06. The van der Waals surface area contributed by atoms with E-state index in [-0.39, 0.29) is 17.3 Å². The predicted molar refractivity (Wildman–Crippen MR) is 94.5 cm³/mol. The van der Waals surface area contributed by atoms with Crippen LogP contribution in [0.5, 0.6) is 0 Å². The van der Waals surface area contributed by atoms with Crippen LogP contribution in [0.15, 0.2) is 29.3 Å². The second-order valence-electron chi connectivity index (χ2n) is 6.86. The Kier molecular flexibility index (Phi) is 4.20. The smallest absolute Gasteiger partial charge is 0.244 e. The molecule has 0 fully saturated rings. The number of hydrogen-bond donors (Lipinski definition) is 3. The molecule has 3 N–H and O–H groups in total. The summed E-state index contributed by atoms with van der Waals surface area (Å²) < 4.78 is 41.3. The van der Waals surface area contributed by atoms with Gasteiger partial charge in [0.25, 0.3) is 0 Å². The molecular weight excluding hydrogens is 343 g/mol. The number of halogens is 1. The Hall–Kier alpha value is -2.19. The normalized spacial score (nSPS) is 12.8. The Labute approximate surface area is 145 Å². The number of nitrogens with one attached hydrogen (secondary N) is 3. The minimum absolute atomic E-state index is 0.185. The number of H-pyrrole nitrogens is 2. The summed E-state index contributed by atoms with van der Waals surface area (Å²) in [5, 5.41) is 7.50. The highest BCUT2D eigenvalue weighted by Gasteiger charge is 2.29. The number of rotatable bonds is 5. The summed E-state index contributed by atoms with van der Waals surface area (Å²) in [7, 11) is -3.68. The summed E-state index contributed by atoms with van der Waals surface area (Å²) in [6, 6.07) is 4.53. The van der Waals surface area contributed by atoms with Crippen molar-refractivity contribution in [3.8, 4) is 0 Å². The van der Waals surface area contributed by atoms with Crippen LogP contribution in [-0.4, -0.2) is 30.1 Å². The molecule has 0 saturated heterocycles. The van der Waals surface area contributed by atoms with Crippen molar-refractivity contribution in [3.05, 3.63) is 47.2 Å². The molecule has 0 bridgehead atoms. The van der Waals surface area contributed by atoms with Gasteiger partial charge in [-0.2, -0.15) is 5.10 Å². The molecule has 3 rings (SSSR count). The van der Waals surface area contributed by atoms with E-state index < -0.39 is 15.4 Å². The molecule has 0 amide bonds. The number of aryl methyl sites for hydroxylation is 2. The van der Waals surface area contributed by atoms with Crippen molar-refractivity contribution in [2.45, 2.75) is 38.0 Å². The van der Waals surface area contributed by atoms with Crippen LogP contribution in [0.4, 0.5) is 4.39 Å². The Morgan fingerprint density at radius 3 is 2.64 bits per heavy atom. The molecule has 2 heterocycles. The van der Waals surface area contributed by atoms with Gasteiger partial charge in [0.05, 0.1) is 11.4 Å². The third-order valence-electron chi connectivity index (χ3n) is 4.41. The zero-order valence-electron chi connectivity index (χ0n) is 14.6. The van der Waals surface area contributed by atoms with E-state index in [4.69, 9.17) is 0 Å². The zero-order valence-corrected chi connectivity index (χ0v) is 15.4. The van der Waals surface area contributed by atoms with Gasteiger partial charge in [-0.25, -0.2) is 17.5 Å². The molecule has 0 aliphatic carbocycles. The molecule has 8 heteroatoms. The van der Waals surface area contributed by atoms with Gasteiger partial charge in [0.2, 0.25) is 10.0 Å². The van der Waals surface area contributed by atoms with Crippen LogP contribution in [-0.2, 0) is 15.4 Å². The van der Waals surface area contributed by atoms with E-state index in [1.165, 1.54) is 12.1 Å². The number of hydrogen-bond acceptors (Lipinski definition) is 3. The van der Waals surface area contributed by atoms with Crippen LogP contribution in [0.25, 0.3) is 10.9 Å². The van der Waals surface area contributed by atoms with Crippen molar-refractivity contribution in [2.24, 2.45) is 0 Å². The fourth-order valence-electron chi connectivity index (χ4n) is 3.04. The highest BCUT2D eigenvalue weighted by molar-refractivity contribution is 7.89. The average molecular weight is 364 g/mol. The van der Waals surface area contributed by atoms with E-state index >= 15 is 0 Å². The van der Waals surface area contributed by atoms with Crippen LogP contribution in [0.2, 0.25) is 0 Å². The Morgan fingerprint density at radius 1 is 1.28 bits per heavy atom. The first-order valence-electron chi connectivity index (χ1n) is 7.90. The van der Waals surface area contributed by atoms with E-state index in [0.29, 0.717) is 16.9 Å². The summed E-state index contributed by atoms with van der Waals surface area (Å²) in [5.74, 6) is -0.315. The Balaban J connectivity index is 1.88. The van der Waals surface area contributed by atoms with Gasteiger partial charge in [-0.15, -0.1) is 0 Å². The first-order valence-corrected chi connectivity index (χ1v) is 9.38. The minimum atomic E-state index is -3.68. The molecule has 0 aliphatic rings. The van der Waals surface area contributed by atoms with Crippen LogP contribution in [0, 0.1) is 19.7 Å². The third-order valence-corrected chi connectivity index (χ3v) is 6.07. The highest BCUT2D eigenvalue weighted by atomic mass is 32.2. The summed E-state index contributed by atoms with van der Waals surface area (Å²) in [4.78, 5) is 3.23. The quantitative estimate of drug-likeness (QED) is 0.650. The number of sulfonamides is 1. The molecule has 2 aromatic heterocycles. The van der Waals surface area contributed by atoms with Crippen LogP contribution < -0.4 is 4.72 Å². The van der Waals surface area contributed by atoms with E-state index in [0.717, 1.165) is 10.9 Å². The molecule has 0 saturated carbocycles. The van der Waals surface area contributed by atoms with Crippen molar-refractivity contribution in [1.29, 1.82) is 0 Å². The largest absolute Gasteiger partial charge is 0.361 e. The minimum Gasteiger partial charge on any atom is -0.361 e. The van der Waals surface area contributed by atoms with Crippen LogP contribution >= 0.6 is 0 Å². The molecule has 0 unspecified atom stereocenters. The number of fused-ring (bicyclic) bond motifs is 1. The molecule has 1 aromatic carbocycles. The molecular formula is C17H21FN4O2S. The van der Waals surface area contributed by atoms with Crippen molar-refractivity contribution >= 4 is 20.9 Å². The van der Waals surface area contributed by atoms with Crippen molar-refractivity contribution in [3.63, 3.8) is 0 Å². The second-order valence-corrected chi connectivity index (χ2v) is 8.57. The van der Waals surface area contributed by atoms with Gasteiger partial charge in [-0.05, 0) is 37.6 Å². The van der Waals surface area contributed by atoms with Gasteiger partial charge < -0.3 is 4.98 Å². The van der Waals surface area contributed by atoms with Gasteiger partial charge in [0, 0.05) is 29.1 Å². The van der Waals surface area contributed by atoms with E-state index in [1.54, 1.807) is 26.1 Å². The molecule has 0 radical (unpaired) electrons. The topological polar surface area (TPSA) is 90.6 Å². The summed E-state index contributed by atoms with van der Waals surface area (Å²) in [6.45, 7) is 7.40. The first kappa shape index (κ1) is 17.6. The van der Waals surface area contributed by atoms with Gasteiger partial charge in [-0.1, -0.05) is 13.8 Å². The number of nitrogens with zero attached hydrogens (tertiary/aromatic N) is 1. The Morgan fingerprint density at radius 2 is 2.00 bits per heavy atom. The third kappa shape index (κ3) is 3.19. The maximum absolute atomic E-state index is 13.4. The molecule has 3 aromatic rings. The molecule has 0 atom stereocenters. The first-order chi connectivity index (χ1) is 11.6. The standard InChI is InChI=1S/C17H21FN4O2S/c1-10-16(11(2)22-21-10)25(23,24)20-9-17(3,4)14-8-19-15-7-12(18)5-6-13(14)15/h5-8,19-20H,9H2,1-4H3,(H,21,22). The van der Waals surface area contributed by atoms with Crippen molar-refractivity contribution in [1.82, 2.24) is 19.9 Å². The van der Waals surface area contributed by atoms with E-state index in [1.807, 2.05) is 13.8 Å². The van der Waals surface area contributed by atoms with Gasteiger partial charge >= 0.3 is 0 Å². The van der Waals surface area contributed by atoms with E-state index in [9.17, 15) is 12.8 Å². The van der Waals surface area contributed by atoms with Gasteiger partial charge in [0.15, 0.2) is 0 Å². The monoisotopic (exact) mass is 364 g/mol. The maximum atomic E-state index is 13.4. The number of aromatic nitrogens is 3. The lowest BCUT2D eigenvalue weighted by atomic mass is 9.85. The number of benzene rings is 1. The molecule has 0 spiro atoms. The fraction of sp³-hybridized carbons (Fsp3) is 0.353. The number of aromatic amines is 2. The SMILES string of the molecule is Cc1n[nH]c(C)c1S(=O)(=O)NCC(C)(C)c1c[nH]c2cc(F)ccc12. The van der Waals surface area contributed by atoms with Crippen molar-refractivity contribution in [2.75, 3.05) is 6.54 Å². The molecule has 134 valence electrons. The van der Waals surface area contributed by atoms with Gasteiger partial charge in [0.1, 0.15) is 10.7 Å². The van der Waals surface area contributed by atoms with E-state index in [2.05, 4.69) is 19.9 Å². The maximum Gasteiger partial charge on any atom is 0.244 e. The highest BCUT2D eigenvalue weighted by Crippen LogP contribution is 2.31. The Bertz CT molecular complexity index is 1010. The lowest BCUT2D eigenvalue weighted by Crippen LogP contribution is -2.37. The molecule has 25 heavy (non-hydrogen) atoms. The molecule has 6 nitrogen and oxygen atoms in total. The van der Waals surface area contributed by atoms with Crippen molar-refractivity contribution < 1.29 is 12.8 Å².